The molecule has 0 aliphatic carbocycles. The molecule has 166 valence electrons. The lowest BCUT2D eigenvalue weighted by Gasteiger charge is -2.40. The Morgan fingerprint density at radius 2 is 1.97 bits per heavy atom. The molecule has 1 atom stereocenters. The van der Waals surface area contributed by atoms with Crippen LogP contribution in [0.3, 0.4) is 0 Å². The van der Waals surface area contributed by atoms with Gasteiger partial charge in [0.25, 0.3) is 0 Å². The number of aromatic nitrogens is 2. The third-order valence-electron chi connectivity index (χ3n) is 5.61. The van der Waals surface area contributed by atoms with Crippen LogP contribution in [0.1, 0.15) is 25.3 Å². The van der Waals surface area contributed by atoms with E-state index in [1.807, 2.05) is 25.1 Å². The number of carbonyl (C=O) groups is 2. The van der Waals surface area contributed by atoms with Gasteiger partial charge in [0.2, 0.25) is 5.91 Å². The molecule has 0 spiro atoms. The Morgan fingerprint density at radius 1 is 1.19 bits per heavy atom. The van der Waals surface area contributed by atoms with Gasteiger partial charge < -0.3 is 20.9 Å². The van der Waals surface area contributed by atoms with Gasteiger partial charge in [-0.3, -0.25) is 4.79 Å². The molecule has 1 aromatic heterocycles. The molecule has 0 radical (unpaired) electrons. The van der Waals surface area contributed by atoms with Crippen LogP contribution in [0.25, 0.3) is 10.9 Å². The highest BCUT2D eigenvalue weighted by Crippen LogP contribution is 2.23. The molecule has 3 aromatic rings. The van der Waals surface area contributed by atoms with Gasteiger partial charge in [0.1, 0.15) is 18.2 Å². The summed E-state index contributed by atoms with van der Waals surface area (Å²) in [5.41, 5.74) is 8.25. The largest absolute Gasteiger partial charge is 0.383 e. The van der Waals surface area contributed by atoms with Crippen molar-refractivity contribution in [2.24, 2.45) is 0 Å². The minimum atomic E-state index is -0.500. The fourth-order valence-corrected chi connectivity index (χ4v) is 4.09. The van der Waals surface area contributed by atoms with Gasteiger partial charge in [0.15, 0.2) is 0 Å². The molecule has 0 bridgehead atoms. The molecule has 0 unspecified atom stereocenters. The number of nitrogens with one attached hydrogen (secondary N) is 1. The van der Waals surface area contributed by atoms with Crippen LogP contribution in [-0.4, -0.2) is 50.8 Å². The lowest BCUT2D eigenvalue weighted by atomic mass is 10.0. The molecule has 32 heavy (non-hydrogen) atoms. The minimum Gasteiger partial charge on any atom is -0.383 e. The Bertz CT molecular complexity index is 1140. The number of piperazine rings is 1. The van der Waals surface area contributed by atoms with E-state index in [4.69, 9.17) is 17.3 Å². The second-order valence-corrected chi connectivity index (χ2v) is 8.24. The van der Waals surface area contributed by atoms with Gasteiger partial charge in [0.05, 0.1) is 5.52 Å². The zero-order valence-electron chi connectivity index (χ0n) is 17.8. The first-order valence-electron chi connectivity index (χ1n) is 10.6. The number of halogens is 1. The topological polar surface area (TPSA) is 104 Å². The van der Waals surface area contributed by atoms with Crippen LogP contribution < -0.4 is 11.1 Å². The summed E-state index contributed by atoms with van der Waals surface area (Å²) in [4.78, 5) is 37.9. The van der Waals surface area contributed by atoms with Gasteiger partial charge in [-0.25, -0.2) is 14.8 Å². The molecular formula is C23H25ClN6O2. The van der Waals surface area contributed by atoms with Crippen LogP contribution in [0.5, 0.6) is 0 Å². The number of hydrogen-bond donors (Lipinski definition) is 2. The monoisotopic (exact) mass is 452 g/mol. The fourth-order valence-electron chi connectivity index (χ4n) is 3.96. The van der Waals surface area contributed by atoms with Crippen molar-refractivity contribution in [1.82, 2.24) is 19.8 Å². The highest BCUT2D eigenvalue weighted by molar-refractivity contribution is 6.30. The van der Waals surface area contributed by atoms with Crippen LogP contribution in [-0.2, 0) is 11.3 Å². The highest BCUT2D eigenvalue weighted by atomic mass is 35.5. The molecule has 3 amide bonds. The van der Waals surface area contributed by atoms with Crippen molar-refractivity contribution in [3.05, 3.63) is 59.4 Å². The van der Waals surface area contributed by atoms with E-state index in [9.17, 15) is 9.59 Å². The van der Waals surface area contributed by atoms with Crippen molar-refractivity contribution in [2.75, 3.05) is 24.1 Å². The quantitative estimate of drug-likeness (QED) is 0.610. The lowest BCUT2D eigenvalue weighted by molar-refractivity contribution is -0.140. The van der Waals surface area contributed by atoms with Crippen LogP contribution in [0.4, 0.5) is 16.3 Å². The van der Waals surface area contributed by atoms with E-state index in [0.717, 1.165) is 22.9 Å². The number of hydrogen-bond acceptors (Lipinski definition) is 5. The van der Waals surface area contributed by atoms with Gasteiger partial charge in [-0.05, 0) is 48.4 Å². The molecule has 9 heteroatoms. The number of nitrogens with two attached hydrogens (primary N) is 1. The Hall–Kier alpha value is -3.39. The third-order valence-corrected chi connectivity index (χ3v) is 5.86. The maximum atomic E-state index is 13.3. The number of nitrogen functional groups attached to an aromatic ring is 1. The number of amides is 3. The summed E-state index contributed by atoms with van der Waals surface area (Å²) in [6.07, 6.45) is 2.83. The first kappa shape index (κ1) is 21.8. The van der Waals surface area contributed by atoms with E-state index in [1.54, 1.807) is 34.1 Å². The molecule has 1 aliphatic rings. The molecule has 0 saturated carbocycles. The van der Waals surface area contributed by atoms with E-state index >= 15 is 0 Å². The van der Waals surface area contributed by atoms with E-state index in [2.05, 4.69) is 15.3 Å². The van der Waals surface area contributed by atoms with Crippen molar-refractivity contribution in [1.29, 1.82) is 0 Å². The Morgan fingerprint density at radius 3 is 2.72 bits per heavy atom. The van der Waals surface area contributed by atoms with Gasteiger partial charge in [-0.2, -0.15) is 0 Å². The van der Waals surface area contributed by atoms with Crippen molar-refractivity contribution >= 4 is 45.9 Å². The summed E-state index contributed by atoms with van der Waals surface area (Å²) in [6.45, 7) is 3.37. The number of carbonyl (C=O) groups excluding carboxylic acids is 2. The second kappa shape index (κ2) is 9.40. The maximum absolute atomic E-state index is 13.3. The van der Waals surface area contributed by atoms with Gasteiger partial charge in [-0.15, -0.1) is 0 Å². The Kier molecular flexibility index (Phi) is 6.41. The minimum absolute atomic E-state index is 0.0494. The Balaban J connectivity index is 1.48. The smallest absolute Gasteiger partial charge is 0.322 e. The van der Waals surface area contributed by atoms with E-state index in [1.165, 1.54) is 6.33 Å². The molecule has 2 aromatic carbocycles. The standard InChI is InChI=1S/C23H25ClN6O2/c1-2-3-20-22(31)29(13-15-4-9-18-19(12-15)26-14-27-21(18)25)10-11-30(20)23(32)28-17-7-5-16(24)6-8-17/h4-9,12,14,20H,2-3,10-11,13H2,1H3,(H,28,32)(H2,25,26,27)/t20-/m0/s1. The second-order valence-electron chi connectivity index (χ2n) is 7.81. The van der Waals surface area contributed by atoms with E-state index in [-0.39, 0.29) is 11.9 Å². The molecule has 8 nitrogen and oxygen atoms in total. The van der Waals surface area contributed by atoms with Crippen LogP contribution in [0, 0.1) is 0 Å². The van der Waals surface area contributed by atoms with Crippen molar-refractivity contribution in [3.8, 4) is 0 Å². The number of nitrogens with zero attached hydrogens (tertiary/aromatic N) is 4. The van der Waals surface area contributed by atoms with E-state index in [0.29, 0.717) is 42.6 Å². The van der Waals surface area contributed by atoms with Crippen molar-refractivity contribution in [3.63, 3.8) is 0 Å². The van der Waals surface area contributed by atoms with Crippen molar-refractivity contribution in [2.45, 2.75) is 32.4 Å². The zero-order valence-corrected chi connectivity index (χ0v) is 18.5. The first-order valence-corrected chi connectivity index (χ1v) is 10.9. The van der Waals surface area contributed by atoms with Gasteiger partial charge in [-0.1, -0.05) is 31.0 Å². The Labute approximate surface area is 191 Å². The normalized spacial score (nSPS) is 16.4. The third kappa shape index (κ3) is 4.60. The summed E-state index contributed by atoms with van der Waals surface area (Å²) < 4.78 is 0. The molecular weight excluding hydrogens is 428 g/mol. The van der Waals surface area contributed by atoms with Gasteiger partial charge >= 0.3 is 6.03 Å². The number of benzene rings is 2. The summed E-state index contributed by atoms with van der Waals surface area (Å²) in [7, 11) is 0. The summed E-state index contributed by atoms with van der Waals surface area (Å²) >= 11 is 5.92. The molecule has 4 rings (SSSR count). The highest BCUT2D eigenvalue weighted by Gasteiger charge is 2.36. The van der Waals surface area contributed by atoms with Gasteiger partial charge in [0, 0.05) is 35.7 Å². The summed E-state index contributed by atoms with van der Waals surface area (Å²) in [5.74, 6) is 0.382. The fraction of sp³-hybridized carbons (Fsp3) is 0.304. The molecule has 1 fully saturated rings. The molecule has 1 saturated heterocycles. The van der Waals surface area contributed by atoms with Crippen molar-refractivity contribution < 1.29 is 9.59 Å². The number of fused-ring (bicyclic) bond motifs is 1. The molecule has 1 aliphatic heterocycles. The molecule has 3 N–H and O–H groups in total. The average Bonchev–Trinajstić information content (AvgIpc) is 2.78. The van der Waals surface area contributed by atoms with Crippen LogP contribution in [0.2, 0.25) is 5.02 Å². The zero-order chi connectivity index (χ0) is 22.7. The first-order chi connectivity index (χ1) is 15.5. The van der Waals surface area contributed by atoms with Crippen LogP contribution >= 0.6 is 11.6 Å². The lowest BCUT2D eigenvalue weighted by Crippen LogP contribution is -2.59. The molecule has 2 heterocycles. The maximum Gasteiger partial charge on any atom is 0.322 e. The summed E-state index contributed by atoms with van der Waals surface area (Å²) in [5, 5.41) is 4.25. The predicted octanol–water partition coefficient (Wildman–Crippen LogP) is 3.91. The number of rotatable bonds is 5. The predicted molar refractivity (Wildman–Crippen MR) is 125 cm³/mol. The van der Waals surface area contributed by atoms with E-state index < -0.39 is 6.04 Å². The average molecular weight is 453 g/mol. The van der Waals surface area contributed by atoms with Crippen LogP contribution in [0.15, 0.2) is 48.8 Å². The SMILES string of the molecule is CCC[C@H]1C(=O)N(Cc2ccc3c(N)ncnc3c2)CCN1C(=O)Nc1ccc(Cl)cc1. The number of urea groups is 1. The number of anilines is 2. The summed E-state index contributed by atoms with van der Waals surface area (Å²) in [6, 6.07) is 11.9.